The summed E-state index contributed by atoms with van der Waals surface area (Å²) in [6.07, 6.45) is 1.91. The lowest BCUT2D eigenvalue weighted by Crippen LogP contribution is -1.82. The summed E-state index contributed by atoms with van der Waals surface area (Å²) in [6, 6.07) is 14.7. The van der Waals surface area contributed by atoms with E-state index in [1.165, 1.54) is 16.7 Å². The van der Waals surface area contributed by atoms with Gasteiger partial charge in [-0.05, 0) is 38.0 Å². The molecule has 0 aromatic heterocycles. The maximum atomic E-state index is 4.52. The molecule has 2 aromatic carbocycles. The summed E-state index contributed by atoms with van der Waals surface area (Å²) < 4.78 is 0. The van der Waals surface area contributed by atoms with E-state index in [-0.39, 0.29) is 0 Å². The van der Waals surface area contributed by atoms with Crippen molar-refractivity contribution in [3.8, 4) is 0 Å². The maximum Gasteiger partial charge on any atom is 0.0659 e. The normalized spacial score (nSPS) is 11.0. The van der Waals surface area contributed by atoms with Crippen LogP contribution in [-0.4, -0.2) is 6.21 Å². The number of benzene rings is 2. The van der Waals surface area contributed by atoms with Crippen LogP contribution in [0.2, 0.25) is 0 Å². The first-order valence-electron chi connectivity index (χ1n) is 5.83. The highest BCUT2D eigenvalue weighted by Gasteiger charge is 1.95. The lowest BCUT2D eigenvalue weighted by molar-refractivity contribution is 1.35. The van der Waals surface area contributed by atoms with Crippen LogP contribution in [-0.2, 0) is 0 Å². The average molecular weight is 223 g/mol. The maximum absolute atomic E-state index is 4.52. The van der Waals surface area contributed by atoms with Crippen LogP contribution in [0.4, 0.5) is 5.69 Å². The summed E-state index contributed by atoms with van der Waals surface area (Å²) in [5, 5.41) is 0. The molecule has 0 saturated heterocycles. The van der Waals surface area contributed by atoms with Crippen molar-refractivity contribution < 1.29 is 0 Å². The Morgan fingerprint density at radius 2 is 1.47 bits per heavy atom. The van der Waals surface area contributed by atoms with Gasteiger partial charge in [-0.25, -0.2) is 0 Å². The molecule has 0 radical (unpaired) electrons. The van der Waals surface area contributed by atoms with Crippen LogP contribution in [0, 0.1) is 20.8 Å². The smallest absolute Gasteiger partial charge is 0.0659 e. The van der Waals surface area contributed by atoms with Crippen LogP contribution in [0.25, 0.3) is 0 Å². The zero-order chi connectivity index (χ0) is 12.3. The number of aliphatic imine (C=N–C) groups is 1. The van der Waals surface area contributed by atoms with Gasteiger partial charge < -0.3 is 0 Å². The predicted molar refractivity (Wildman–Crippen MR) is 74.3 cm³/mol. The van der Waals surface area contributed by atoms with Crippen molar-refractivity contribution in [1.29, 1.82) is 0 Å². The Labute approximate surface area is 103 Å². The van der Waals surface area contributed by atoms with Gasteiger partial charge in [-0.3, -0.25) is 4.99 Å². The summed E-state index contributed by atoms with van der Waals surface area (Å²) in [5.74, 6) is 0. The number of hydrogen-bond donors (Lipinski definition) is 0. The molecule has 2 aromatic rings. The van der Waals surface area contributed by atoms with Crippen LogP contribution in [0.15, 0.2) is 47.5 Å². The number of aryl methyl sites for hydroxylation is 3. The van der Waals surface area contributed by atoms with Gasteiger partial charge in [0.2, 0.25) is 0 Å². The Morgan fingerprint density at radius 1 is 0.824 bits per heavy atom. The summed E-state index contributed by atoms with van der Waals surface area (Å²) in [6.45, 7) is 6.28. The van der Waals surface area contributed by atoms with Crippen LogP contribution in [0.1, 0.15) is 22.3 Å². The summed E-state index contributed by atoms with van der Waals surface area (Å²) in [5.41, 5.74) is 5.94. The fraction of sp³-hybridized carbons (Fsp3) is 0.188. The highest BCUT2D eigenvalue weighted by atomic mass is 14.7. The van der Waals surface area contributed by atoms with Gasteiger partial charge in [0.1, 0.15) is 0 Å². The zero-order valence-electron chi connectivity index (χ0n) is 10.6. The van der Waals surface area contributed by atoms with E-state index < -0.39 is 0 Å². The van der Waals surface area contributed by atoms with Gasteiger partial charge in [0.15, 0.2) is 0 Å². The predicted octanol–water partition coefficient (Wildman–Crippen LogP) is 4.36. The SMILES string of the molecule is Cc1ccc(C=Nc2ccc(C)cc2C)cc1. The third-order valence-electron chi connectivity index (χ3n) is 2.78. The average Bonchev–Trinajstić information content (AvgIpc) is 2.30. The molecule has 0 N–H and O–H groups in total. The Balaban J connectivity index is 2.23. The minimum Gasteiger partial charge on any atom is -0.256 e. The van der Waals surface area contributed by atoms with Gasteiger partial charge in [0.25, 0.3) is 0 Å². The number of nitrogens with zero attached hydrogens (tertiary/aromatic N) is 1. The third-order valence-corrected chi connectivity index (χ3v) is 2.78. The van der Waals surface area contributed by atoms with Gasteiger partial charge in [-0.1, -0.05) is 47.5 Å². The molecule has 0 saturated carbocycles. The molecule has 0 atom stereocenters. The standard InChI is InChI=1S/C16H17N/c1-12-4-7-15(8-5-12)11-17-16-9-6-13(2)10-14(16)3/h4-11H,1-3H3. The van der Waals surface area contributed by atoms with Gasteiger partial charge in [0.05, 0.1) is 5.69 Å². The molecule has 0 heterocycles. The second-order valence-corrected chi connectivity index (χ2v) is 4.46. The molecule has 0 fully saturated rings. The van der Waals surface area contributed by atoms with Crippen LogP contribution in [0.3, 0.4) is 0 Å². The molecule has 86 valence electrons. The van der Waals surface area contributed by atoms with Crippen molar-refractivity contribution in [2.45, 2.75) is 20.8 Å². The Kier molecular flexibility index (Phi) is 3.38. The second-order valence-electron chi connectivity index (χ2n) is 4.46. The molecule has 1 heteroatoms. The van der Waals surface area contributed by atoms with Crippen molar-refractivity contribution >= 4 is 11.9 Å². The highest BCUT2D eigenvalue weighted by molar-refractivity contribution is 5.82. The van der Waals surface area contributed by atoms with E-state index in [4.69, 9.17) is 0 Å². The molecule has 0 aliphatic rings. The Morgan fingerprint density at radius 3 is 2.12 bits per heavy atom. The molecule has 17 heavy (non-hydrogen) atoms. The molecular weight excluding hydrogens is 206 g/mol. The van der Waals surface area contributed by atoms with Crippen molar-refractivity contribution in [3.05, 3.63) is 64.7 Å². The Hall–Kier alpha value is -1.89. The first kappa shape index (κ1) is 11.6. The fourth-order valence-electron chi connectivity index (χ4n) is 1.75. The van der Waals surface area contributed by atoms with Gasteiger partial charge >= 0.3 is 0 Å². The van der Waals surface area contributed by atoms with Gasteiger partial charge in [-0.2, -0.15) is 0 Å². The molecule has 0 spiro atoms. The van der Waals surface area contributed by atoms with Crippen LogP contribution in [0.5, 0.6) is 0 Å². The van der Waals surface area contributed by atoms with E-state index in [1.807, 2.05) is 6.21 Å². The summed E-state index contributed by atoms with van der Waals surface area (Å²) in [7, 11) is 0. The minimum atomic E-state index is 1.04. The minimum absolute atomic E-state index is 1.04. The van der Waals surface area contributed by atoms with E-state index in [2.05, 4.69) is 68.2 Å². The van der Waals surface area contributed by atoms with E-state index in [0.717, 1.165) is 11.3 Å². The van der Waals surface area contributed by atoms with Crippen molar-refractivity contribution in [3.63, 3.8) is 0 Å². The lowest BCUT2D eigenvalue weighted by atomic mass is 10.1. The quantitative estimate of drug-likeness (QED) is 0.671. The van der Waals surface area contributed by atoms with Crippen molar-refractivity contribution in [2.24, 2.45) is 4.99 Å². The van der Waals surface area contributed by atoms with E-state index in [1.54, 1.807) is 0 Å². The van der Waals surface area contributed by atoms with Crippen molar-refractivity contribution in [2.75, 3.05) is 0 Å². The molecule has 0 aliphatic heterocycles. The molecular formula is C16H17N. The first-order valence-corrected chi connectivity index (χ1v) is 5.83. The third kappa shape index (κ3) is 3.04. The second kappa shape index (κ2) is 4.96. The van der Waals surface area contributed by atoms with E-state index >= 15 is 0 Å². The van der Waals surface area contributed by atoms with Crippen molar-refractivity contribution in [1.82, 2.24) is 0 Å². The summed E-state index contributed by atoms with van der Waals surface area (Å²) in [4.78, 5) is 4.52. The molecule has 0 aliphatic carbocycles. The number of rotatable bonds is 2. The fourth-order valence-corrected chi connectivity index (χ4v) is 1.75. The molecule has 0 unspecified atom stereocenters. The largest absolute Gasteiger partial charge is 0.256 e. The summed E-state index contributed by atoms with van der Waals surface area (Å²) >= 11 is 0. The highest BCUT2D eigenvalue weighted by Crippen LogP contribution is 2.19. The van der Waals surface area contributed by atoms with Crippen LogP contribution >= 0.6 is 0 Å². The van der Waals surface area contributed by atoms with Gasteiger partial charge in [-0.15, -0.1) is 0 Å². The van der Waals surface area contributed by atoms with E-state index in [0.29, 0.717) is 0 Å². The molecule has 0 bridgehead atoms. The van der Waals surface area contributed by atoms with Crippen LogP contribution < -0.4 is 0 Å². The topological polar surface area (TPSA) is 12.4 Å². The van der Waals surface area contributed by atoms with Gasteiger partial charge in [0, 0.05) is 6.21 Å². The van der Waals surface area contributed by atoms with E-state index in [9.17, 15) is 0 Å². The zero-order valence-corrected chi connectivity index (χ0v) is 10.6. The lowest BCUT2D eigenvalue weighted by Gasteiger charge is -2.01. The monoisotopic (exact) mass is 223 g/mol. The molecule has 1 nitrogen and oxygen atoms in total. The number of hydrogen-bond acceptors (Lipinski definition) is 1. The molecule has 2 rings (SSSR count). The Bertz CT molecular complexity index is 536. The molecule has 0 amide bonds. The first-order chi connectivity index (χ1) is 8.15.